The van der Waals surface area contributed by atoms with Crippen LogP contribution in [0.15, 0.2) is 51.8 Å². The van der Waals surface area contributed by atoms with Crippen LogP contribution >= 0.6 is 0 Å². The number of ether oxygens (including phenoxy) is 2. The molecule has 1 unspecified atom stereocenters. The first kappa shape index (κ1) is 17.9. The summed E-state index contributed by atoms with van der Waals surface area (Å²) in [5.74, 6) is 0.132. The fourth-order valence-corrected chi connectivity index (χ4v) is 3.84. The van der Waals surface area contributed by atoms with Gasteiger partial charge in [0.2, 0.25) is 5.88 Å². The molecule has 0 radical (unpaired) electrons. The molecular weight excluding hydrogens is 358 g/mol. The van der Waals surface area contributed by atoms with E-state index in [-0.39, 0.29) is 22.8 Å². The number of H-pyrrole nitrogens is 1. The van der Waals surface area contributed by atoms with Gasteiger partial charge in [0, 0.05) is 34.9 Å². The number of fused-ring (bicyclic) bond motifs is 1. The van der Waals surface area contributed by atoms with Crippen molar-refractivity contribution in [2.75, 3.05) is 6.61 Å². The van der Waals surface area contributed by atoms with E-state index in [9.17, 15) is 14.9 Å². The van der Waals surface area contributed by atoms with E-state index >= 15 is 0 Å². The van der Waals surface area contributed by atoms with Gasteiger partial charge in [0.05, 0.1) is 12.5 Å². The van der Waals surface area contributed by atoms with E-state index in [0.29, 0.717) is 54.0 Å². The van der Waals surface area contributed by atoms with E-state index < -0.39 is 5.92 Å². The molecule has 7 heteroatoms. The third-order valence-electron chi connectivity index (χ3n) is 5.07. The molecule has 0 amide bonds. The van der Waals surface area contributed by atoms with Crippen molar-refractivity contribution in [3.8, 4) is 11.8 Å². The molecule has 0 saturated carbocycles. The van der Waals surface area contributed by atoms with Crippen LogP contribution in [0, 0.1) is 11.3 Å². The zero-order valence-electron chi connectivity index (χ0n) is 15.4. The molecule has 3 N–H and O–H groups in total. The molecule has 0 spiro atoms. The van der Waals surface area contributed by atoms with E-state index in [1.54, 1.807) is 18.2 Å². The van der Waals surface area contributed by atoms with Crippen molar-refractivity contribution in [3.05, 3.63) is 63.0 Å². The van der Waals surface area contributed by atoms with Gasteiger partial charge in [-0.25, -0.2) is 0 Å². The highest BCUT2D eigenvalue weighted by molar-refractivity contribution is 5.99. The lowest BCUT2D eigenvalue weighted by molar-refractivity contribution is -0.116. The van der Waals surface area contributed by atoms with Gasteiger partial charge in [-0.1, -0.05) is 0 Å². The van der Waals surface area contributed by atoms with Crippen molar-refractivity contribution >= 4 is 16.7 Å². The average molecular weight is 377 g/mol. The molecule has 4 rings (SSSR count). The van der Waals surface area contributed by atoms with Gasteiger partial charge in [-0.15, -0.1) is 0 Å². The number of nitrogens with one attached hydrogen (secondary N) is 1. The highest BCUT2D eigenvalue weighted by Gasteiger charge is 2.39. The van der Waals surface area contributed by atoms with E-state index in [1.165, 1.54) is 0 Å². The number of nitriles is 1. The Bertz CT molecular complexity index is 1150. The Balaban J connectivity index is 1.95. The summed E-state index contributed by atoms with van der Waals surface area (Å²) in [6.07, 6.45) is 1.57. The number of pyridine rings is 1. The summed E-state index contributed by atoms with van der Waals surface area (Å²) in [7, 11) is 0. The molecule has 1 aliphatic carbocycles. The number of hydrogen-bond acceptors (Lipinski definition) is 6. The molecule has 142 valence electrons. The minimum Gasteiger partial charge on any atom is -0.494 e. The standard InChI is InChI=1S/C21H19N3O4/c1-2-27-12-6-7-15-11(8-12)9-13(21(26)24-15)18-14(10-22)20(23)28-17-5-3-4-16(25)19(17)18/h6-9,18H,2-5,23H2,1H3,(H,24,26). The Kier molecular flexibility index (Phi) is 4.40. The van der Waals surface area contributed by atoms with Crippen LogP contribution in [0.4, 0.5) is 0 Å². The highest BCUT2D eigenvalue weighted by Crippen LogP contribution is 2.42. The van der Waals surface area contributed by atoms with Crippen LogP contribution < -0.4 is 16.0 Å². The van der Waals surface area contributed by atoms with Gasteiger partial charge in [0.15, 0.2) is 5.78 Å². The molecule has 28 heavy (non-hydrogen) atoms. The number of allylic oxidation sites excluding steroid dienone is 3. The molecule has 7 nitrogen and oxygen atoms in total. The van der Waals surface area contributed by atoms with Gasteiger partial charge >= 0.3 is 0 Å². The Hall–Kier alpha value is -3.53. The topological polar surface area (TPSA) is 118 Å². The zero-order chi connectivity index (χ0) is 19.8. The van der Waals surface area contributed by atoms with Gasteiger partial charge in [0.1, 0.15) is 23.2 Å². The molecule has 2 aromatic rings. The van der Waals surface area contributed by atoms with E-state index in [0.717, 1.165) is 5.39 Å². The molecule has 0 fully saturated rings. The summed E-state index contributed by atoms with van der Waals surface area (Å²) < 4.78 is 11.1. The number of Topliss-reactive ketones (excluding diaryl/α,β-unsaturated/α-hetero) is 1. The molecule has 1 aliphatic heterocycles. The summed E-state index contributed by atoms with van der Waals surface area (Å²) in [5.41, 5.74) is 6.97. The maximum Gasteiger partial charge on any atom is 0.252 e. The SMILES string of the molecule is CCOc1ccc2[nH]c(=O)c(C3C(C#N)=C(N)OC4=C3C(=O)CCC4)cc2c1. The molecule has 1 aromatic heterocycles. The maximum absolute atomic E-state index is 12.9. The lowest BCUT2D eigenvalue weighted by Gasteiger charge is -2.30. The third kappa shape index (κ3) is 2.83. The summed E-state index contributed by atoms with van der Waals surface area (Å²) in [6.45, 7) is 2.41. The second-order valence-corrected chi connectivity index (χ2v) is 6.77. The van der Waals surface area contributed by atoms with Crippen LogP contribution in [-0.4, -0.2) is 17.4 Å². The van der Waals surface area contributed by atoms with Crippen molar-refractivity contribution in [2.45, 2.75) is 32.1 Å². The monoisotopic (exact) mass is 377 g/mol. The molecular formula is C21H19N3O4. The van der Waals surface area contributed by atoms with Crippen molar-refractivity contribution in [1.29, 1.82) is 5.26 Å². The quantitative estimate of drug-likeness (QED) is 0.849. The lowest BCUT2D eigenvalue weighted by Crippen LogP contribution is -2.30. The Morgan fingerprint density at radius 2 is 2.14 bits per heavy atom. The van der Waals surface area contributed by atoms with Crippen LogP contribution in [0.5, 0.6) is 5.75 Å². The number of hydrogen-bond donors (Lipinski definition) is 2. The predicted octanol–water partition coefficient (Wildman–Crippen LogP) is 2.74. The Labute approximate surface area is 161 Å². The second-order valence-electron chi connectivity index (χ2n) is 6.77. The fourth-order valence-electron chi connectivity index (χ4n) is 3.84. The minimum absolute atomic E-state index is 0.0523. The van der Waals surface area contributed by atoms with Gasteiger partial charge in [-0.2, -0.15) is 5.26 Å². The number of nitrogens with zero attached hydrogens (tertiary/aromatic N) is 1. The van der Waals surface area contributed by atoms with Gasteiger partial charge in [0.25, 0.3) is 5.56 Å². The molecule has 1 aromatic carbocycles. The lowest BCUT2D eigenvalue weighted by atomic mass is 9.78. The maximum atomic E-state index is 12.9. The predicted molar refractivity (Wildman–Crippen MR) is 102 cm³/mol. The first-order valence-electron chi connectivity index (χ1n) is 9.17. The van der Waals surface area contributed by atoms with Gasteiger partial charge in [-0.05, 0) is 37.6 Å². The zero-order valence-corrected chi connectivity index (χ0v) is 15.4. The average Bonchev–Trinajstić information content (AvgIpc) is 2.67. The third-order valence-corrected chi connectivity index (χ3v) is 5.07. The smallest absolute Gasteiger partial charge is 0.252 e. The van der Waals surface area contributed by atoms with Crippen LogP contribution in [-0.2, 0) is 9.53 Å². The van der Waals surface area contributed by atoms with Crippen LogP contribution in [0.1, 0.15) is 37.7 Å². The van der Waals surface area contributed by atoms with Gasteiger partial charge in [-0.3, -0.25) is 9.59 Å². The summed E-state index contributed by atoms with van der Waals surface area (Å²) in [6, 6.07) is 9.08. The van der Waals surface area contributed by atoms with E-state index in [2.05, 4.69) is 4.98 Å². The highest BCUT2D eigenvalue weighted by atomic mass is 16.5. The molecule has 0 saturated heterocycles. The largest absolute Gasteiger partial charge is 0.494 e. The Morgan fingerprint density at radius 1 is 1.32 bits per heavy atom. The van der Waals surface area contributed by atoms with Crippen molar-refractivity contribution in [3.63, 3.8) is 0 Å². The molecule has 2 aliphatic rings. The van der Waals surface area contributed by atoms with Crippen LogP contribution in [0.2, 0.25) is 0 Å². The number of aromatic amines is 1. The number of benzene rings is 1. The number of aromatic nitrogens is 1. The summed E-state index contributed by atoms with van der Waals surface area (Å²) in [4.78, 5) is 28.3. The van der Waals surface area contributed by atoms with E-state index in [4.69, 9.17) is 15.2 Å². The molecule has 2 heterocycles. The van der Waals surface area contributed by atoms with Crippen molar-refractivity contribution in [2.24, 2.45) is 5.73 Å². The second kappa shape index (κ2) is 6.89. The summed E-state index contributed by atoms with van der Waals surface area (Å²) in [5, 5.41) is 10.4. The number of ketones is 1. The minimum atomic E-state index is -0.828. The van der Waals surface area contributed by atoms with E-state index in [1.807, 2.05) is 19.1 Å². The normalized spacial score (nSPS) is 19.3. The first-order chi connectivity index (χ1) is 13.5. The Morgan fingerprint density at radius 3 is 2.89 bits per heavy atom. The van der Waals surface area contributed by atoms with Gasteiger partial charge < -0.3 is 20.2 Å². The molecule has 1 atom stereocenters. The van der Waals surface area contributed by atoms with Crippen LogP contribution in [0.3, 0.4) is 0 Å². The van der Waals surface area contributed by atoms with Crippen molar-refractivity contribution < 1.29 is 14.3 Å². The number of nitrogens with two attached hydrogens (primary N) is 1. The number of carbonyl (C=O) groups is 1. The van der Waals surface area contributed by atoms with Crippen LogP contribution in [0.25, 0.3) is 10.9 Å². The number of carbonyl (C=O) groups excluding carboxylic acids is 1. The first-order valence-corrected chi connectivity index (χ1v) is 9.17. The fraction of sp³-hybridized carbons (Fsp3) is 0.286. The summed E-state index contributed by atoms with van der Waals surface area (Å²) >= 11 is 0. The molecule has 0 bridgehead atoms. The number of rotatable bonds is 3. The van der Waals surface area contributed by atoms with Crippen molar-refractivity contribution in [1.82, 2.24) is 4.98 Å².